The van der Waals surface area contributed by atoms with Crippen LogP contribution < -0.4 is 10.6 Å². The van der Waals surface area contributed by atoms with Crippen molar-refractivity contribution in [2.75, 3.05) is 6.54 Å². The van der Waals surface area contributed by atoms with E-state index in [-0.39, 0.29) is 5.91 Å². The second-order valence-electron chi connectivity index (χ2n) is 8.17. The smallest absolute Gasteiger partial charge is 0.235 e. The number of likely N-dealkylation sites (N-methyl/N-ethyl adjacent to an activating group) is 1. The van der Waals surface area contributed by atoms with Crippen LogP contribution in [0.15, 0.2) is 48.5 Å². The van der Waals surface area contributed by atoms with E-state index in [1.54, 1.807) is 0 Å². The zero-order valence-electron chi connectivity index (χ0n) is 17.7. The van der Waals surface area contributed by atoms with Gasteiger partial charge in [0.15, 0.2) is 0 Å². The van der Waals surface area contributed by atoms with Gasteiger partial charge in [-0.1, -0.05) is 75.7 Å². The minimum absolute atomic E-state index is 0.136. The molecule has 0 radical (unpaired) electrons. The van der Waals surface area contributed by atoms with Crippen LogP contribution in [-0.2, 0) is 10.2 Å². The Morgan fingerprint density at radius 1 is 0.964 bits per heavy atom. The summed E-state index contributed by atoms with van der Waals surface area (Å²) < 4.78 is 0. The van der Waals surface area contributed by atoms with Crippen LogP contribution in [0.25, 0.3) is 11.1 Å². The van der Waals surface area contributed by atoms with Crippen LogP contribution in [-0.4, -0.2) is 24.5 Å². The normalized spacial score (nSPS) is 15.2. The van der Waals surface area contributed by atoms with Crippen LogP contribution in [0.5, 0.6) is 0 Å². The van der Waals surface area contributed by atoms with Gasteiger partial charge in [0, 0.05) is 18.6 Å². The summed E-state index contributed by atoms with van der Waals surface area (Å²) in [6.07, 6.45) is 4.04. The van der Waals surface area contributed by atoms with Crippen LogP contribution >= 0.6 is 0 Å². The largest absolute Gasteiger partial charge is 0.355 e. The predicted molar refractivity (Wildman–Crippen MR) is 118 cm³/mol. The summed E-state index contributed by atoms with van der Waals surface area (Å²) >= 11 is 0. The Bertz CT molecular complexity index is 766. The van der Waals surface area contributed by atoms with Crippen molar-refractivity contribution in [1.82, 2.24) is 10.6 Å². The highest BCUT2D eigenvalue weighted by molar-refractivity contribution is 6.00. The van der Waals surface area contributed by atoms with Gasteiger partial charge in [-0.3, -0.25) is 4.79 Å². The molecule has 2 aromatic rings. The summed E-state index contributed by atoms with van der Waals surface area (Å²) in [6.45, 7) is 9.28. The number of carbonyl (C=O) groups is 1. The maximum atomic E-state index is 13.5. The molecule has 0 saturated carbocycles. The zero-order valence-corrected chi connectivity index (χ0v) is 17.7. The van der Waals surface area contributed by atoms with E-state index in [1.165, 1.54) is 11.1 Å². The Hall–Kier alpha value is -2.13. The molecule has 1 amide bonds. The van der Waals surface area contributed by atoms with Crippen molar-refractivity contribution in [2.24, 2.45) is 0 Å². The monoisotopic (exact) mass is 378 g/mol. The highest BCUT2D eigenvalue weighted by Gasteiger charge is 2.48. The molecule has 0 aromatic heterocycles. The lowest BCUT2D eigenvalue weighted by Crippen LogP contribution is -2.44. The number of carbonyl (C=O) groups excluding carboxylic acids is 1. The van der Waals surface area contributed by atoms with Crippen LogP contribution in [0.3, 0.4) is 0 Å². The van der Waals surface area contributed by atoms with Crippen molar-refractivity contribution in [3.05, 3.63) is 59.7 Å². The number of benzene rings is 2. The summed E-state index contributed by atoms with van der Waals surface area (Å²) in [6, 6.07) is 17.9. The van der Waals surface area contributed by atoms with E-state index >= 15 is 0 Å². The highest BCUT2D eigenvalue weighted by Crippen LogP contribution is 2.51. The Labute approximate surface area is 169 Å². The molecule has 28 heavy (non-hydrogen) atoms. The number of nitrogens with one attached hydrogen (secondary N) is 2. The first-order chi connectivity index (χ1) is 13.5. The Kier molecular flexibility index (Phi) is 6.56. The quantitative estimate of drug-likeness (QED) is 0.642. The minimum Gasteiger partial charge on any atom is -0.355 e. The van der Waals surface area contributed by atoms with Crippen molar-refractivity contribution in [3.8, 4) is 11.1 Å². The van der Waals surface area contributed by atoms with E-state index in [9.17, 15) is 4.79 Å². The van der Waals surface area contributed by atoms with Crippen molar-refractivity contribution >= 4 is 5.91 Å². The molecule has 3 rings (SSSR count). The lowest BCUT2D eigenvalue weighted by Gasteiger charge is -2.31. The number of hydrogen-bond donors (Lipinski definition) is 2. The molecule has 3 nitrogen and oxygen atoms in total. The van der Waals surface area contributed by atoms with Crippen LogP contribution in [0.1, 0.15) is 64.5 Å². The van der Waals surface area contributed by atoms with Gasteiger partial charge in [0.05, 0.1) is 0 Å². The van der Waals surface area contributed by atoms with Gasteiger partial charge in [0.25, 0.3) is 0 Å². The van der Waals surface area contributed by atoms with Crippen molar-refractivity contribution in [1.29, 1.82) is 0 Å². The average Bonchev–Trinajstić information content (AvgIpc) is 2.98. The Balaban J connectivity index is 1.97. The molecule has 3 heteroatoms. The second kappa shape index (κ2) is 8.91. The van der Waals surface area contributed by atoms with Crippen molar-refractivity contribution in [3.63, 3.8) is 0 Å². The topological polar surface area (TPSA) is 41.1 Å². The second-order valence-corrected chi connectivity index (χ2v) is 8.17. The molecule has 2 N–H and O–H groups in total. The minimum atomic E-state index is -0.584. The lowest BCUT2D eigenvalue weighted by molar-refractivity contribution is -0.125. The molecule has 0 spiro atoms. The van der Waals surface area contributed by atoms with Crippen LogP contribution in [0.4, 0.5) is 0 Å². The first-order valence-electron chi connectivity index (χ1n) is 10.8. The van der Waals surface area contributed by atoms with Gasteiger partial charge < -0.3 is 10.6 Å². The molecule has 1 aliphatic carbocycles. The van der Waals surface area contributed by atoms with E-state index in [4.69, 9.17) is 0 Å². The Morgan fingerprint density at radius 2 is 1.54 bits per heavy atom. The number of rotatable bonds is 9. The van der Waals surface area contributed by atoms with E-state index in [0.29, 0.717) is 18.6 Å². The third kappa shape index (κ3) is 3.73. The van der Waals surface area contributed by atoms with E-state index in [1.807, 2.05) is 6.92 Å². The van der Waals surface area contributed by atoms with Gasteiger partial charge in [-0.2, -0.15) is 0 Å². The molecule has 150 valence electrons. The molecule has 0 aliphatic heterocycles. The molecule has 1 atom stereocenters. The van der Waals surface area contributed by atoms with E-state index < -0.39 is 5.41 Å². The van der Waals surface area contributed by atoms with Gasteiger partial charge in [-0.15, -0.1) is 0 Å². The number of hydrogen-bond acceptors (Lipinski definition) is 2. The van der Waals surface area contributed by atoms with E-state index in [2.05, 4.69) is 79.9 Å². The molecule has 2 aromatic carbocycles. The summed E-state index contributed by atoms with van der Waals surface area (Å²) in [5, 5.41) is 6.80. The summed E-state index contributed by atoms with van der Waals surface area (Å²) in [4.78, 5) is 13.5. The van der Waals surface area contributed by atoms with Gasteiger partial charge in [-0.05, 0) is 48.4 Å². The van der Waals surface area contributed by atoms with Crippen molar-refractivity contribution < 1.29 is 4.79 Å². The maximum Gasteiger partial charge on any atom is 0.235 e. The third-order valence-electron chi connectivity index (χ3n) is 5.96. The summed E-state index contributed by atoms with van der Waals surface area (Å²) in [5.74, 6) is 0.136. The lowest BCUT2D eigenvalue weighted by atomic mass is 9.73. The molecular formula is C25H34N2O. The first kappa shape index (κ1) is 20.6. The standard InChI is InChI=1S/C25H34N2O/c1-5-19(27-18(3)4)12-11-17-25(24(28)26-6-2)22-15-9-7-13-20(22)21-14-8-10-16-23(21)25/h7-10,13-16,18-19,27H,5-6,11-12,17H2,1-4H3,(H,26,28). The summed E-state index contributed by atoms with van der Waals surface area (Å²) in [5.41, 5.74) is 4.15. The molecule has 0 bridgehead atoms. The van der Waals surface area contributed by atoms with E-state index in [0.717, 1.165) is 36.8 Å². The molecule has 1 aliphatic rings. The zero-order chi connectivity index (χ0) is 20.1. The van der Waals surface area contributed by atoms with Crippen LogP contribution in [0.2, 0.25) is 0 Å². The predicted octanol–water partition coefficient (Wildman–Crippen LogP) is 5.04. The third-order valence-corrected chi connectivity index (χ3v) is 5.96. The van der Waals surface area contributed by atoms with Crippen molar-refractivity contribution in [2.45, 2.75) is 70.9 Å². The van der Waals surface area contributed by atoms with Gasteiger partial charge in [0.2, 0.25) is 5.91 Å². The maximum absolute atomic E-state index is 13.5. The van der Waals surface area contributed by atoms with Gasteiger partial charge >= 0.3 is 0 Å². The fourth-order valence-corrected chi connectivity index (χ4v) is 4.75. The Morgan fingerprint density at radius 3 is 2.04 bits per heavy atom. The number of amides is 1. The first-order valence-corrected chi connectivity index (χ1v) is 10.8. The molecular weight excluding hydrogens is 344 g/mol. The van der Waals surface area contributed by atoms with Crippen LogP contribution in [0, 0.1) is 0 Å². The number of fused-ring (bicyclic) bond motifs is 3. The van der Waals surface area contributed by atoms with Gasteiger partial charge in [-0.25, -0.2) is 0 Å². The highest BCUT2D eigenvalue weighted by atomic mass is 16.2. The molecule has 1 unspecified atom stereocenters. The molecule has 0 saturated heterocycles. The SMILES string of the molecule is CCNC(=O)C1(CCCC(CC)NC(C)C)c2ccccc2-c2ccccc21. The summed E-state index contributed by atoms with van der Waals surface area (Å²) in [7, 11) is 0. The average molecular weight is 379 g/mol. The molecule has 0 heterocycles. The fraction of sp³-hybridized carbons (Fsp3) is 0.480. The molecule has 0 fully saturated rings. The fourth-order valence-electron chi connectivity index (χ4n) is 4.75. The van der Waals surface area contributed by atoms with Gasteiger partial charge in [0.1, 0.15) is 5.41 Å².